The number of pyridine rings is 1. The topological polar surface area (TPSA) is 38.7 Å². The molecule has 10 aromatic rings. The second kappa shape index (κ2) is 9.39. The number of aromatic nitrogens is 3. The fourth-order valence-electron chi connectivity index (χ4n) is 7.02. The molecule has 3 aromatic heterocycles. The number of para-hydroxylation sites is 2. The van der Waals surface area contributed by atoms with Crippen LogP contribution in [0.15, 0.2) is 140 Å². The zero-order valence-electron chi connectivity index (χ0n) is 24.0. The zero-order valence-corrected chi connectivity index (χ0v) is 24.8. The van der Waals surface area contributed by atoms with Crippen LogP contribution in [0.4, 0.5) is 0 Å². The quantitative estimate of drug-likeness (QED) is 0.188. The normalized spacial score (nSPS) is 12.0. The zero-order chi connectivity index (χ0) is 29.5. The van der Waals surface area contributed by atoms with Crippen LogP contribution in [0.25, 0.3) is 97.1 Å². The molecular weight excluding hydrogens is 567 g/mol. The predicted octanol–water partition coefficient (Wildman–Crippen LogP) is 11.3. The molecule has 208 valence electrons. The molecule has 0 N–H and O–H groups in total. The second-order valence-electron chi connectivity index (χ2n) is 11.6. The van der Waals surface area contributed by atoms with Gasteiger partial charge in [0.15, 0.2) is 5.82 Å². The molecule has 45 heavy (non-hydrogen) atoms. The maximum atomic E-state index is 5.39. The van der Waals surface area contributed by atoms with Crippen LogP contribution in [0.5, 0.6) is 0 Å². The molecule has 4 heteroatoms. The molecule has 10 rings (SSSR count). The molecular formula is C41H23N3S. The highest BCUT2D eigenvalue weighted by Gasteiger charge is 2.23. The summed E-state index contributed by atoms with van der Waals surface area (Å²) in [6, 6.07) is 49.3. The van der Waals surface area contributed by atoms with E-state index in [-0.39, 0.29) is 0 Å². The first kappa shape index (κ1) is 24.7. The van der Waals surface area contributed by atoms with E-state index in [0.717, 1.165) is 44.1 Å². The third-order valence-electron chi connectivity index (χ3n) is 9.02. The summed E-state index contributed by atoms with van der Waals surface area (Å²) in [5, 5.41) is 11.8. The Labute approximate surface area is 262 Å². The van der Waals surface area contributed by atoms with Gasteiger partial charge in [-0.25, -0.2) is 15.0 Å². The summed E-state index contributed by atoms with van der Waals surface area (Å²) in [6.45, 7) is 0. The van der Waals surface area contributed by atoms with Crippen molar-refractivity contribution in [3.05, 3.63) is 140 Å². The third kappa shape index (κ3) is 3.60. The van der Waals surface area contributed by atoms with E-state index in [9.17, 15) is 0 Å². The number of hydrogen-bond donors (Lipinski definition) is 0. The summed E-state index contributed by atoms with van der Waals surface area (Å²) in [6.07, 6.45) is 0. The molecule has 0 aliphatic heterocycles. The summed E-state index contributed by atoms with van der Waals surface area (Å²) in [5.74, 6) is 0.638. The predicted molar refractivity (Wildman–Crippen MR) is 191 cm³/mol. The Kier molecular flexibility index (Phi) is 5.16. The Balaban J connectivity index is 1.41. The van der Waals surface area contributed by atoms with Gasteiger partial charge in [0.2, 0.25) is 0 Å². The number of fused-ring (bicyclic) bond motifs is 12. The standard InChI is InChI=1S/C41H23N3S/c1-2-12-25-23-26(22-21-24(25)11-1)38-30-16-6-9-19-33(30)43-41(44-38)39-37-35(29-15-5-8-18-32(29)42-39)27-13-3-4-14-28(27)40-36(37)31-17-7-10-20-34(31)45-40/h1-23H. The summed E-state index contributed by atoms with van der Waals surface area (Å²) in [5.41, 5.74) is 4.64. The van der Waals surface area contributed by atoms with Gasteiger partial charge in [-0.15, -0.1) is 11.3 Å². The largest absolute Gasteiger partial charge is 0.244 e. The number of thiophene rings is 1. The molecule has 0 radical (unpaired) electrons. The van der Waals surface area contributed by atoms with Gasteiger partial charge in [-0.2, -0.15) is 0 Å². The molecule has 0 atom stereocenters. The lowest BCUT2D eigenvalue weighted by atomic mass is 9.93. The van der Waals surface area contributed by atoms with Crippen molar-refractivity contribution in [2.24, 2.45) is 0 Å². The van der Waals surface area contributed by atoms with Gasteiger partial charge in [0.25, 0.3) is 0 Å². The van der Waals surface area contributed by atoms with E-state index in [1.807, 2.05) is 17.4 Å². The lowest BCUT2D eigenvalue weighted by molar-refractivity contribution is 1.21. The fourth-order valence-corrected chi connectivity index (χ4v) is 8.27. The monoisotopic (exact) mass is 589 g/mol. The molecule has 0 bridgehead atoms. The molecule has 0 unspecified atom stereocenters. The van der Waals surface area contributed by atoms with E-state index in [1.54, 1.807) is 0 Å². The second-order valence-corrected chi connectivity index (χ2v) is 12.6. The molecule has 0 amide bonds. The van der Waals surface area contributed by atoms with Crippen LogP contribution in [-0.2, 0) is 0 Å². The summed E-state index contributed by atoms with van der Waals surface area (Å²) >= 11 is 1.85. The minimum absolute atomic E-state index is 0.638. The molecule has 3 heterocycles. The van der Waals surface area contributed by atoms with Crippen LogP contribution < -0.4 is 0 Å². The first-order valence-electron chi connectivity index (χ1n) is 15.1. The molecule has 0 saturated heterocycles. The van der Waals surface area contributed by atoms with Gasteiger partial charge in [-0.3, -0.25) is 0 Å². The van der Waals surface area contributed by atoms with Crippen molar-refractivity contribution in [3.63, 3.8) is 0 Å². The van der Waals surface area contributed by atoms with E-state index < -0.39 is 0 Å². The Bertz CT molecular complexity index is 2830. The lowest BCUT2D eigenvalue weighted by Gasteiger charge is -2.15. The SMILES string of the molecule is c1ccc2cc(-c3nc(-c4nc5ccccc5c5c6ccccc6c6sc7ccccc7c6c45)nc4ccccc34)ccc2c1. The van der Waals surface area contributed by atoms with E-state index in [2.05, 4.69) is 133 Å². The van der Waals surface area contributed by atoms with Crippen LogP contribution >= 0.6 is 11.3 Å². The average Bonchev–Trinajstić information content (AvgIpc) is 3.50. The van der Waals surface area contributed by atoms with Gasteiger partial charge < -0.3 is 0 Å². The maximum absolute atomic E-state index is 5.39. The Morgan fingerprint density at radius 1 is 0.400 bits per heavy atom. The number of nitrogens with zero attached hydrogens (tertiary/aromatic N) is 3. The van der Waals surface area contributed by atoms with Crippen molar-refractivity contribution in [1.29, 1.82) is 0 Å². The highest BCUT2D eigenvalue weighted by atomic mass is 32.1. The fraction of sp³-hybridized carbons (Fsp3) is 0. The van der Waals surface area contributed by atoms with Gasteiger partial charge in [-0.05, 0) is 40.4 Å². The van der Waals surface area contributed by atoms with Crippen molar-refractivity contribution >= 4 is 85.6 Å². The Morgan fingerprint density at radius 2 is 1.04 bits per heavy atom. The summed E-state index contributed by atoms with van der Waals surface area (Å²) < 4.78 is 2.54. The molecule has 0 aliphatic rings. The van der Waals surface area contributed by atoms with Crippen molar-refractivity contribution in [2.75, 3.05) is 0 Å². The molecule has 7 aromatic carbocycles. The number of hydrogen-bond acceptors (Lipinski definition) is 4. The minimum atomic E-state index is 0.638. The third-order valence-corrected chi connectivity index (χ3v) is 10.2. The van der Waals surface area contributed by atoms with Crippen LogP contribution in [0, 0.1) is 0 Å². The van der Waals surface area contributed by atoms with Crippen LogP contribution in [0.1, 0.15) is 0 Å². The Morgan fingerprint density at radius 3 is 1.89 bits per heavy atom. The molecule has 0 saturated carbocycles. The van der Waals surface area contributed by atoms with Gasteiger partial charge in [-0.1, -0.05) is 115 Å². The first-order chi connectivity index (χ1) is 22.3. The van der Waals surface area contributed by atoms with Crippen molar-refractivity contribution in [2.45, 2.75) is 0 Å². The molecule has 0 aliphatic carbocycles. The summed E-state index contributed by atoms with van der Waals surface area (Å²) in [4.78, 5) is 16.0. The number of rotatable bonds is 2. The van der Waals surface area contributed by atoms with Gasteiger partial charge >= 0.3 is 0 Å². The van der Waals surface area contributed by atoms with Crippen molar-refractivity contribution < 1.29 is 0 Å². The van der Waals surface area contributed by atoms with Crippen molar-refractivity contribution in [3.8, 4) is 22.8 Å². The van der Waals surface area contributed by atoms with E-state index >= 15 is 0 Å². The van der Waals surface area contributed by atoms with Crippen LogP contribution in [-0.4, -0.2) is 15.0 Å². The van der Waals surface area contributed by atoms with E-state index in [4.69, 9.17) is 15.0 Å². The highest BCUT2D eigenvalue weighted by Crippen LogP contribution is 2.48. The van der Waals surface area contributed by atoms with E-state index in [1.165, 1.54) is 47.1 Å². The molecule has 0 spiro atoms. The van der Waals surface area contributed by atoms with E-state index in [0.29, 0.717) is 5.82 Å². The van der Waals surface area contributed by atoms with Crippen LogP contribution in [0.2, 0.25) is 0 Å². The van der Waals surface area contributed by atoms with Gasteiger partial charge in [0.05, 0.1) is 16.7 Å². The van der Waals surface area contributed by atoms with Crippen molar-refractivity contribution in [1.82, 2.24) is 15.0 Å². The first-order valence-corrected chi connectivity index (χ1v) is 15.9. The lowest BCUT2D eigenvalue weighted by Crippen LogP contribution is -1.99. The summed E-state index contributed by atoms with van der Waals surface area (Å²) in [7, 11) is 0. The van der Waals surface area contributed by atoms with Crippen LogP contribution in [0.3, 0.4) is 0 Å². The molecule has 0 fully saturated rings. The smallest absolute Gasteiger partial charge is 0.180 e. The van der Waals surface area contributed by atoms with Gasteiger partial charge in [0, 0.05) is 52.7 Å². The number of benzene rings is 7. The highest BCUT2D eigenvalue weighted by molar-refractivity contribution is 7.27. The minimum Gasteiger partial charge on any atom is -0.244 e. The average molecular weight is 590 g/mol. The Hall–Kier alpha value is -5.71. The molecule has 3 nitrogen and oxygen atoms in total. The van der Waals surface area contributed by atoms with Gasteiger partial charge in [0.1, 0.15) is 5.69 Å². The maximum Gasteiger partial charge on any atom is 0.180 e.